The average molecular weight is 437 g/mol. The van der Waals surface area contributed by atoms with Crippen LogP contribution in [0.4, 0.5) is 5.69 Å². The number of anilines is 1. The van der Waals surface area contributed by atoms with Gasteiger partial charge in [0.25, 0.3) is 5.91 Å². The lowest BCUT2D eigenvalue weighted by molar-refractivity contribution is 0.0940. The Kier molecular flexibility index (Phi) is 8.09. The first-order valence-electron chi connectivity index (χ1n) is 7.24. The van der Waals surface area contributed by atoms with Crippen LogP contribution >= 0.6 is 40.7 Å². The molecule has 0 saturated carbocycles. The summed E-state index contributed by atoms with van der Waals surface area (Å²) in [6.45, 7) is 2.05. The van der Waals surface area contributed by atoms with Crippen molar-refractivity contribution >= 4 is 52.3 Å². The van der Waals surface area contributed by atoms with E-state index >= 15 is 0 Å². The number of rotatable bonds is 4. The highest BCUT2D eigenvalue weighted by Crippen LogP contribution is 2.22. The number of hydrogen-bond donors (Lipinski definition) is 2. The van der Waals surface area contributed by atoms with Gasteiger partial charge >= 0.3 is 0 Å². The molecule has 1 saturated heterocycles. The summed E-state index contributed by atoms with van der Waals surface area (Å²) in [4.78, 5) is 14.5. The SMILES string of the molecule is Cl.Cl.NCc1cc(C(=O)NC2CCN(c3ccc(Br)cc3)C2)co1. The van der Waals surface area contributed by atoms with Gasteiger partial charge in [-0.3, -0.25) is 4.79 Å². The molecule has 132 valence electrons. The number of furan rings is 1. The van der Waals surface area contributed by atoms with Gasteiger partial charge in [-0.25, -0.2) is 0 Å². The predicted octanol–water partition coefficient (Wildman–Crippen LogP) is 3.35. The van der Waals surface area contributed by atoms with E-state index in [1.807, 2.05) is 12.1 Å². The largest absolute Gasteiger partial charge is 0.467 e. The van der Waals surface area contributed by atoms with Gasteiger partial charge < -0.3 is 20.4 Å². The molecule has 24 heavy (non-hydrogen) atoms. The van der Waals surface area contributed by atoms with Crippen LogP contribution in [0.15, 0.2) is 45.5 Å². The zero-order chi connectivity index (χ0) is 15.5. The standard InChI is InChI=1S/C16H18BrN3O2.2ClH/c17-12-1-3-14(4-2-12)20-6-5-13(9-20)19-16(21)11-7-15(8-18)22-10-11;;/h1-4,7,10,13H,5-6,8-9,18H2,(H,19,21);2*1H. The maximum absolute atomic E-state index is 12.2. The third-order valence-electron chi connectivity index (χ3n) is 3.83. The molecular formula is C16H20BrCl2N3O2. The Balaban J connectivity index is 0.00000144. The van der Waals surface area contributed by atoms with Crippen molar-refractivity contribution in [2.45, 2.75) is 19.0 Å². The van der Waals surface area contributed by atoms with E-state index in [-0.39, 0.29) is 36.8 Å². The Hall–Kier alpha value is -1.21. The van der Waals surface area contributed by atoms with E-state index in [1.165, 1.54) is 12.0 Å². The molecular weight excluding hydrogens is 417 g/mol. The molecule has 3 N–H and O–H groups in total. The summed E-state index contributed by atoms with van der Waals surface area (Å²) in [6.07, 6.45) is 2.39. The van der Waals surface area contributed by atoms with Crippen molar-refractivity contribution in [1.82, 2.24) is 5.32 Å². The number of halogens is 3. The molecule has 0 spiro atoms. The molecule has 1 aromatic heterocycles. The van der Waals surface area contributed by atoms with Crippen molar-refractivity contribution in [3.8, 4) is 0 Å². The molecule has 2 heterocycles. The minimum atomic E-state index is -0.105. The van der Waals surface area contributed by atoms with Gasteiger partial charge in [0.1, 0.15) is 12.0 Å². The molecule has 0 bridgehead atoms. The van der Waals surface area contributed by atoms with E-state index in [1.54, 1.807) is 6.07 Å². The smallest absolute Gasteiger partial charge is 0.254 e. The molecule has 0 aliphatic carbocycles. The van der Waals surface area contributed by atoms with Crippen molar-refractivity contribution in [2.75, 3.05) is 18.0 Å². The lowest BCUT2D eigenvalue weighted by Gasteiger charge is -2.19. The first kappa shape index (κ1) is 20.8. The maximum atomic E-state index is 12.2. The van der Waals surface area contributed by atoms with Gasteiger partial charge in [0.15, 0.2) is 0 Å². The zero-order valence-corrected chi connectivity index (χ0v) is 16.1. The molecule has 1 amide bonds. The molecule has 0 radical (unpaired) electrons. The summed E-state index contributed by atoms with van der Waals surface area (Å²) in [7, 11) is 0. The lowest BCUT2D eigenvalue weighted by atomic mass is 10.2. The van der Waals surface area contributed by atoms with Crippen LogP contribution in [-0.2, 0) is 6.54 Å². The second kappa shape index (κ2) is 9.32. The molecule has 2 aromatic rings. The van der Waals surface area contributed by atoms with Crippen molar-refractivity contribution < 1.29 is 9.21 Å². The minimum absolute atomic E-state index is 0. The van der Waals surface area contributed by atoms with E-state index in [9.17, 15) is 4.79 Å². The molecule has 3 rings (SSSR count). The summed E-state index contributed by atoms with van der Waals surface area (Å²) in [5, 5.41) is 3.05. The van der Waals surface area contributed by atoms with Crippen LogP contribution in [-0.4, -0.2) is 25.0 Å². The van der Waals surface area contributed by atoms with Crippen LogP contribution in [0.3, 0.4) is 0 Å². The monoisotopic (exact) mass is 435 g/mol. The van der Waals surface area contributed by atoms with Crippen LogP contribution in [0.2, 0.25) is 0 Å². The normalized spacial score (nSPS) is 16.2. The predicted molar refractivity (Wildman–Crippen MR) is 103 cm³/mol. The number of nitrogens with one attached hydrogen (secondary N) is 1. The number of carbonyl (C=O) groups is 1. The summed E-state index contributed by atoms with van der Waals surface area (Å²) < 4.78 is 6.27. The lowest BCUT2D eigenvalue weighted by Crippen LogP contribution is -2.36. The van der Waals surface area contributed by atoms with E-state index in [0.717, 1.165) is 24.0 Å². The van der Waals surface area contributed by atoms with Crippen molar-refractivity contribution in [3.05, 3.63) is 52.4 Å². The average Bonchev–Trinajstić information content (AvgIpc) is 3.17. The van der Waals surface area contributed by atoms with E-state index < -0.39 is 0 Å². The van der Waals surface area contributed by atoms with E-state index in [2.05, 4.69) is 38.3 Å². The number of benzene rings is 1. The Morgan fingerprint density at radius 1 is 1.33 bits per heavy atom. The number of carbonyl (C=O) groups excluding carboxylic acids is 1. The van der Waals surface area contributed by atoms with Gasteiger partial charge in [-0.2, -0.15) is 0 Å². The Labute approximate surface area is 161 Å². The maximum Gasteiger partial charge on any atom is 0.254 e. The van der Waals surface area contributed by atoms with Crippen LogP contribution in [0.5, 0.6) is 0 Å². The van der Waals surface area contributed by atoms with Crippen molar-refractivity contribution in [2.24, 2.45) is 5.73 Å². The second-order valence-electron chi connectivity index (χ2n) is 5.39. The zero-order valence-electron chi connectivity index (χ0n) is 12.9. The highest BCUT2D eigenvalue weighted by atomic mass is 79.9. The van der Waals surface area contributed by atoms with Gasteiger partial charge in [-0.15, -0.1) is 24.8 Å². The van der Waals surface area contributed by atoms with Gasteiger partial charge in [-0.05, 0) is 36.8 Å². The van der Waals surface area contributed by atoms with Crippen LogP contribution in [0, 0.1) is 0 Å². The Bertz CT molecular complexity index is 664. The van der Waals surface area contributed by atoms with E-state index in [4.69, 9.17) is 10.2 Å². The molecule has 1 fully saturated rings. The fourth-order valence-electron chi connectivity index (χ4n) is 2.64. The Morgan fingerprint density at radius 3 is 2.67 bits per heavy atom. The molecule has 5 nitrogen and oxygen atoms in total. The van der Waals surface area contributed by atoms with Gasteiger partial charge in [0.2, 0.25) is 0 Å². The number of hydrogen-bond acceptors (Lipinski definition) is 4. The molecule has 1 aromatic carbocycles. The molecule has 1 unspecified atom stereocenters. The van der Waals surface area contributed by atoms with E-state index in [0.29, 0.717) is 17.9 Å². The molecule has 8 heteroatoms. The topological polar surface area (TPSA) is 71.5 Å². The minimum Gasteiger partial charge on any atom is -0.467 e. The fourth-order valence-corrected chi connectivity index (χ4v) is 2.90. The number of amides is 1. The van der Waals surface area contributed by atoms with Gasteiger partial charge in [0.05, 0.1) is 12.1 Å². The summed E-state index contributed by atoms with van der Waals surface area (Å²) in [5.74, 6) is 0.513. The number of nitrogens with zero attached hydrogens (tertiary/aromatic N) is 1. The van der Waals surface area contributed by atoms with Crippen LogP contribution < -0.4 is 16.0 Å². The molecule has 1 aliphatic heterocycles. The highest BCUT2D eigenvalue weighted by molar-refractivity contribution is 9.10. The van der Waals surface area contributed by atoms with Gasteiger partial charge in [-0.1, -0.05) is 15.9 Å². The highest BCUT2D eigenvalue weighted by Gasteiger charge is 2.24. The summed E-state index contributed by atoms with van der Waals surface area (Å²) in [5.41, 5.74) is 7.19. The van der Waals surface area contributed by atoms with Gasteiger partial charge in [0, 0.05) is 29.3 Å². The van der Waals surface area contributed by atoms with Crippen LogP contribution in [0.1, 0.15) is 22.5 Å². The quantitative estimate of drug-likeness (QED) is 0.770. The Morgan fingerprint density at radius 2 is 2.04 bits per heavy atom. The molecule has 1 aliphatic rings. The second-order valence-corrected chi connectivity index (χ2v) is 6.30. The van der Waals surface area contributed by atoms with Crippen molar-refractivity contribution in [1.29, 1.82) is 0 Å². The first-order valence-corrected chi connectivity index (χ1v) is 8.04. The summed E-state index contributed by atoms with van der Waals surface area (Å²) >= 11 is 3.44. The first-order chi connectivity index (χ1) is 10.7. The number of nitrogens with two attached hydrogens (primary N) is 1. The van der Waals surface area contributed by atoms with Crippen molar-refractivity contribution in [3.63, 3.8) is 0 Å². The fraction of sp³-hybridized carbons (Fsp3) is 0.312. The van der Waals surface area contributed by atoms with Crippen LogP contribution in [0.25, 0.3) is 0 Å². The summed E-state index contributed by atoms with van der Waals surface area (Å²) in [6, 6.07) is 10.1. The molecule has 1 atom stereocenters. The third-order valence-corrected chi connectivity index (χ3v) is 4.36. The third kappa shape index (κ3) is 4.89.